The van der Waals surface area contributed by atoms with Gasteiger partial charge in [-0.05, 0) is 42.7 Å². The van der Waals surface area contributed by atoms with E-state index in [-0.39, 0.29) is 39.3 Å². The maximum atomic E-state index is 12.9. The Balaban J connectivity index is 1.31. The van der Waals surface area contributed by atoms with Gasteiger partial charge in [0.15, 0.2) is 0 Å². The minimum absolute atomic E-state index is 0.0866. The Labute approximate surface area is 272 Å². The van der Waals surface area contributed by atoms with Crippen molar-refractivity contribution in [3.8, 4) is 15.8 Å². The van der Waals surface area contributed by atoms with Crippen molar-refractivity contribution in [2.45, 2.75) is 33.1 Å². The van der Waals surface area contributed by atoms with Crippen LogP contribution < -0.4 is 0 Å². The second-order valence-corrected chi connectivity index (χ2v) is 15.4. The molecule has 4 amide bonds. The SMILES string of the molecule is [C-]#[N+]C1=C(C)C(=Nc2cc3sc4c(c3s2)C(C)(C)c2c-4sc3cc(N=C4C(=O)N(C)C(=O)C(C#N)=C4C)sc23)C(=O)N(C)C1=O. The number of rotatable bonds is 2. The van der Waals surface area contributed by atoms with Crippen LogP contribution in [0, 0.1) is 17.9 Å². The molecule has 2 aliphatic heterocycles. The molecule has 4 aromatic rings. The van der Waals surface area contributed by atoms with Crippen LogP contribution in [0.5, 0.6) is 0 Å². The van der Waals surface area contributed by atoms with Gasteiger partial charge < -0.3 is 0 Å². The van der Waals surface area contributed by atoms with Crippen LogP contribution in [0.2, 0.25) is 0 Å². The molecule has 6 heterocycles. The molecule has 0 saturated carbocycles. The average molecular weight is 669 g/mol. The van der Waals surface area contributed by atoms with Gasteiger partial charge in [-0.25, -0.2) is 14.8 Å². The van der Waals surface area contributed by atoms with Crippen molar-refractivity contribution in [1.29, 1.82) is 5.26 Å². The average Bonchev–Trinajstić information content (AvgIpc) is 3.76. The van der Waals surface area contributed by atoms with E-state index in [1.807, 2.05) is 18.2 Å². The molecule has 0 spiro atoms. The number of hydrogen-bond acceptors (Lipinski definition) is 11. The van der Waals surface area contributed by atoms with E-state index in [1.165, 1.54) is 57.7 Å². The summed E-state index contributed by atoms with van der Waals surface area (Å²) >= 11 is 6.32. The largest absolute Gasteiger partial charge is 0.286 e. The predicted octanol–water partition coefficient (Wildman–Crippen LogP) is 6.72. The lowest BCUT2D eigenvalue weighted by Crippen LogP contribution is -2.44. The number of aliphatic imine (C=N–C) groups is 2. The molecule has 0 N–H and O–H groups in total. The summed E-state index contributed by atoms with van der Waals surface area (Å²) in [6.07, 6.45) is 0. The number of nitriles is 1. The monoisotopic (exact) mass is 668 g/mol. The molecule has 1 aliphatic carbocycles. The van der Waals surface area contributed by atoms with Gasteiger partial charge in [0.05, 0.1) is 25.7 Å². The van der Waals surface area contributed by atoms with Crippen LogP contribution in [0.15, 0.2) is 44.5 Å². The first-order valence-electron chi connectivity index (χ1n) is 13.5. The lowest BCUT2D eigenvalue weighted by Gasteiger charge is -2.22. The molecule has 3 aliphatic rings. The highest BCUT2D eigenvalue weighted by Crippen LogP contribution is 2.63. The Hall–Kier alpha value is -4.60. The zero-order chi connectivity index (χ0) is 32.3. The molecule has 45 heavy (non-hydrogen) atoms. The topological polar surface area (TPSA) is 128 Å². The van der Waals surface area contributed by atoms with Crippen LogP contribution in [0.3, 0.4) is 0 Å². The first-order valence-corrected chi connectivity index (χ1v) is 16.7. The van der Waals surface area contributed by atoms with Crippen molar-refractivity contribution in [3.63, 3.8) is 0 Å². The summed E-state index contributed by atoms with van der Waals surface area (Å²) in [6, 6.07) is 5.81. The van der Waals surface area contributed by atoms with Crippen LogP contribution in [-0.2, 0) is 24.6 Å². The van der Waals surface area contributed by atoms with Crippen molar-refractivity contribution >= 4 is 109 Å². The van der Waals surface area contributed by atoms with Gasteiger partial charge in [0.25, 0.3) is 29.3 Å². The molecule has 0 radical (unpaired) electrons. The van der Waals surface area contributed by atoms with E-state index < -0.39 is 23.6 Å². The Kier molecular flexibility index (Phi) is 6.28. The molecule has 0 aromatic carbocycles. The van der Waals surface area contributed by atoms with E-state index in [4.69, 9.17) is 6.57 Å². The van der Waals surface area contributed by atoms with Crippen LogP contribution in [0.4, 0.5) is 10.0 Å². The van der Waals surface area contributed by atoms with Gasteiger partial charge in [0, 0.05) is 34.5 Å². The van der Waals surface area contributed by atoms with E-state index in [0.717, 1.165) is 28.6 Å². The molecule has 0 bridgehead atoms. The molecule has 0 saturated heterocycles. The number of hydrogen-bond donors (Lipinski definition) is 0. The van der Waals surface area contributed by atoms with Crippen LogP contribution >= 0.6 is 45.3 Å². The summed E-state index contributed by atoms with van der Waals surface area (Å²) < 4.78 is 4.26. The fraction of sp³-hybridized carbons (Fsp3) is 0.226. The second kappa shape index (κ2) is 9.70. The zero-order valence-corrected chi connectivity index (χ0v) is 27.9. The van der Waals surface area contributed by atoms with Gasteiger partial charge in [-0.15, -0.1) is 45.3 Å². The third-order valence-electron chi connectivity index (χ3n) is 8.31. The van der Waals surface area contributed by atoms with Crippen molar-refractivity contribution in [1.82, 2.24) is 9.80 Å². The highest BCUT2D eigenvalue weighted by molar-refractivity contribution is 7.36. The summed E-state index contributed by atoms with van der Waals surface area (Å²) in [4.78, 5) is 67.4. The number of thiophene rings is 4. The number of imide groups is 2. The Morgan fingerprint density at radius 3 is 1.71 bits per heavy atom. The summed E-state index contributed by atoms with van der Waals surface area (Å²) in [7, 11) is 2.71. The fourth-order valence-corrected chi connectivity index (χ4v) is 11.7. The molecule has 0 atom stereocenters. The van der Waals surface area contributed by atoms with Crippen LogP contribution in [-0.4, -0.2) is 58.9 Å². The molecule has 222 valence electrons. The number of carbonyl (C=O) groups is 4. The van der Waals surface area contributed by atoms with E-state index in [9.17, 15) is 24.4 Å². The highest BCUT2D eigenvalue weighted by atomic mass is 32.1. The van der Waals surface area contributed by atoms with Crippen molar-refractivity contribution < 1.29 is 19.2 Å². The summed E-state index contributed by atoms with van der Waals surface area (Å²) in [5, 5.41) is 10.7. The van der Waals surface area contributed by atoms with Gasteiger partial charge in [-0.1, -0.05) is 13.8 Å². The summed E-state index contributed by atoms with van der Waals surface area (Å²) in [6.45, 7) is 14.9. The lowest BCUT2D eigenvalue weighted by atomic mass is 9.84. The molecule has 4 aromatic heterocycles. The Morgan fingerprint density at radius 2 is 1.24 bits per heavy atom. The molecular weight excluding hydrogens is 649 g/mol. The van der Waals surface area contributed by atoms with Gasteiger partial charge in [0.2, 0.25) is 0 Å². The van der Waals surface area contributed by atoms with E-state index in [1.54, 1.807) is 36.5 Å². The first-order chi connectivity index (χ1) is 21.3. The Morgan fingerprint density at radius 1 is 0.778 bits per heavy atom. The van der Waals surface area contributed by atoms with Crippen LogP contribution in [0.25, 0.3) is 33.4 Å². The van der Waals surface area contributed by atoms with Gasteiger partial charge in [0.1, 0.15) is 33.1 Å². The smallest absolute Gasteiger partial charge is 0.279 e. The Bertz CT molecular complexity index is 2190. The fourth-order valence-electron chi connectivity index (χ4n) is 5.89. The van der Waals surface area contributed by atoms with Gasteiger partial charge in [-0.2, -0.15) is 5.26 Å². The molecule has 0 fully saturated rings. The third kappa shape index (κ3) is 3.87. The van der Waals surface area contributed by atoms with E-state index in [2.05, 4.69) is 28.7 Å². The summed E-state index contributed by atoms with van der Waals surface area (Å²) in [5.74, 6) is -2.31. The number of carbonyl (C=O) groups excluding carboxylic acids is 4. The van der Waals surface area contributed by atoms with Gasteiger partial charge >= 0.3 is 0 Å². The highest BCUT2D eigenvalue weighted by Gasteiger charge is 2.43. The minimum Gasteiger partial charge on any atom is -0.286 e. The molecule has 10 nitrogen and oxygen atoms in total. The van der Waals surface area contributed by atoms with E-state index >= 15 is 0 Å². The maximum absolute atomic E-state index is 12.9. The van der Waals surface area contributed by atoms with E-state index in [0.29, 0.717) is 10.0 Å². The zero-order valence-electron chi connectivity index (χ0n) is 24.6. The second-order valence-electron chi connectivity index (χ2n) is 11.3. The van der Waals surface area contributed by atoms with Crippen molar-refractivity contribution in [3.05, 3.63) is 57.1 Å². The first kappa shape index (κ1) is 29.1. The summed E-state index contributed by atoms with van der Waals surface area (Å²) in [5.41, 5.74) is 2.59. The lowest BCUT2D eigenvalue weighted by molar-refractivity contribution is -0.138. The van der Waals surface area contributed by atoms with Crippen LogP contribution in [0.1, 0.15) is 38.8 Å². The quantitative estimate of drug-likeness (QED) is 0.173. The number of likely N-dealkylation sites (N-methyl/N-ethyl adjacent to an activating group) is 2. The van der Waals surface area contributed by atoms with Crippen molar-refractivity contribution in [2.24, 2.45) is 9.98 Å². The number of nitrogens with zero attached hydrogens (tertiary/aromatic N) is 6. The molecule has 0 unspecified atom stereocenters. The number of amides is 4. The molecular formula is C31H20N6O4S4. The molecule has 14 heteroatoms. The van der Waals surface area contributed by atoms with Crippen molar-refractivity contribution in [2.75, 3.05) is 14.1 Å². The number of fused-ring (bicyclic) bond motifs is 7. The predicted molar refractivity (Wildman–Crippen MR) is 178 cm³/mol. The standard InChI is InChI=1S/C31H20N6O4S4/c1-11-13(10-32)27(38)36(6)29(40)21(11)34-16-8-14-23(44-16)18-25(42-14)26-19(31(18,3)4)24-15(43-26)9-17(45-24)35-22-12(2)20(33-5)28(39)37(7)30(22)41/h8-9H,1-4,6-7H3. The molecule has 7 rings (SSSR count). The third-order valence-corrected chi connectivity index (χ3v) is 13.1. The minimum atomic E-state index is -0.626. The normalized spacial score (nSPS) is 19.9. The van der Waals surface area contributed by atoms with Gasteiger partial charge in [-0.3, -0.25) is 29.0 Å². The maximum Gasteiger partial charge on any atom is 0.279 e.